The zero-order chi connectivity index (χ0) is 28.0. The zero-order valence-corrected chi connectivity index (χ0v) is 22.9. The molecule has 0 aliphatic carbocycles. The van der Waals surface area contributed by atoms with Gasteiger partial charge in [-0.05, 0) is 47.2 Å². The lowest BCUT2D eigenvalue weighted by atomic mass is 9.78. The van der Waals surface area contributed by atoms with Gasteiger partial charge in [0.05, 0.1) is 5.69 Å². The molecule has 0 saturated carbocycles. The maximum absolute atomic E-state index is 13.6. The van der Waals surface area contributed by atoms with Crippen LogP contribution in [0.25, 0.3) is 5.69 Å². The second-order valence-corrected chi connectivity index (χ2v) is 11.4. The molecular weight excluding hydrogens is 475 g/mol. The number of aromatic nitrogens is 2. The quantitative estimate of drug-likeness (QED) is 0.546. The van der Waals surface area contributed by atoms with Gasteiger partial charge in [-0.25, -0.2) is 13.8 Å². The minimum absolute atomic E-state index is 0.107. The number of carbonyl (C=O) groups excluding carboxylic acids is 1. The highest BCUT2D eigenvalue weighted by Gasteiger charge is 2.29. The Morgan fingerprint density at radius 1 is 0.946 bits per heavy atom. The van der Waals surface area contributed by atoms with Crippen LogP contribution in [-0.2, 0) is 17.9 Å². The average molecular weight is 511 g/mol. The van der Waals surface area contributed by atoms with Crippen molar-refractivity contribution >= 4 is 17.4 Å². The minimum Gasteiger partial charge on any atom is -0.507 e. The van der Waals surface area contributed by atoms with E-state index >= 15 is 0 Å². The molecule has 2 N–H and O–H groups in total. The van der Waals surface area contributed by atoms with Gasteiger partial charge in [0, 0.05) is 37.8 Å². The smallest absolute Gasteiger partial charge is 0.337 e. The van der Waals surface area contributed by atoms with E-state index in [0.29, 0.717) is 16.8 Å². The second-order valence-electron chi connectivity index (χ2n) is 11.4. The van der Waals surface area contributed by atoms with Crippen LogP contribution in [0.1, 0.15) is 63.0 Å². The van der Waals surface area contributed by atoms with E-state index in [0.717, 1.165) is 4.57 Å². The van der Waals surface area contributed by atoms with Crippen LogP contribution in [0.5, 0.6) is 5.75 Å². The molecule has 3 rings (SSSR count). The normalized spacial score (nSPS) is 11.9. The molecule has 9 heteroatoms. The molecule has 0 unspecified atom stereocenters. The van der Waals surface area contributed by atoms with Gasteiger partial charge >= 0.3 is 5.69 Å². The lowest BCUT2D eigenvalue weighted by molar-refractivity contribution is 0.102. The highest BCUT2D eigenvalue weighted by Crippen LogP contribution is 2.40. The first-order valence-corrected chi connectivity index (χ1v) is 11.9. The Balaban J connectivity index is 2.27. The number of hydrogen-bond acceptors (Lipinski definition) is 5. The third-order valence-electron chi connectivity index (χ3n) is 6.17. The molecule has 0 aliphatic rings. The summed E-state index contributed by atoms with van der Waals surface area (Å²) in [6.07, 6.45) is 0. The van der Waals surface area contributed by atoms with E-state index in [1.807, 2.05) is 41.5 Å². The lowest BCUT2D eigenvalue weighted by Crippen LogP contribution is -2.42. The molecule has 1 heterocycles. The molecule has 8 nitrogen and oxygen atoms in total. The molecule has 198 valence electrons. The van der Waals surface area contributed by atoms with Crippen molar-refractivity contribution in [3.63, 3.8) is 0 Å². The number of halogens is 1. The molecule has 1 amide bonds. The Labute approximate surface area is 216 Å². The molecule has 1 aromatic heterocycles. The van der Waals surface area contributed by atoms with Crippen LogP contribution in [-0.4, -0.2) is 34.2 Å². The highest BCUT2D eigenvalue weighted by molar-refractivity contribution is 6.06. The summed E-state index contributed by atoms with van der Waals surface area (Å²) >= 11 is 0. The summed E-state index contributed by atoms with van der Waals surface area (Å²) in [5, 5.41) is 13.7. The van der Waals surface area contributed by atoms with Gasteiger partial charge in [0.15, 0.2) is 0 Å². The molecule has 0 spiro atoms. The topological polar surface area (TPSA) is 96.6 Å². The Kier molecular flexibility index (Phi) is 7.14. The first-order valence-electron chi connectivity index (χ1n) is 11.9. The van der Waals surface area contributed by atoms with Gasteiger partial charge < -0.3 is 15.3 Å². The molecule has 3 aromatic rings. The van der Waals surface area contributed by atoms with Gasteiger partial charge in [0.2, 0.25) is 0 Å². The molecular formula is C28H35FN4O4. The molecule has 0 fully saturated rings. The maximum Gasteiger partial charge on any atom is 0.337 e. The van der Waals surface area contributed by atoms with E-state index in [2.05, 4.69) is 5.32 Å². The predicted octanol–water partition coefficient (Wildman–Crippen LogP) is 4.29. The summed E-state index contributed by atoms with van der Waals surface area (Å²) in [5.74, 6) is -0.774. The molecule has 0 bridgehead atoms. The van der Waals surface area contributed by atoms with Crippen LogP contribution in [0.3, 0.4) is 0 Å². The third kappa shape index (κ3) is 5.30. The van der Waals surface area contributed by atoms with Crippen LogP contribution in [0, 0.1) is 5.82 Å². The summed E-state index contributed by atoms with van der Waals surface area (Å²) in [6, 6.07) is 8.51. The molecule has 0 atom stereocenters. The van der Waals surface area contributed by atoms with Gasteiger partial charge in [-0.15, -0.1) is 0 Å². The molecule has 0 saturated heterocycles. The van der Waals surface area contributed by atoms with Crippen LogP contribution in [0.2, 0.25) is 0 Å². The monoisotopic (exact) mass is 510 g/mol. The SMILES string of the molecule is CN(C)c1c(NC(=O)c2cc(C(C)(C)C)c(O)c(C(C)(C)C)c2)c(=O)n(C)c(=O)n1-c1ccc(F)cc1. The van der Waals surface area contributed by atoms with E-state index in [1.165, 1.54) is 35.9 Å². The van der Waals surface area contributed by atoms with Crippen molar-refractivity contribution in [2.75, 3.05) is 24.3 Å². The average Bonchev–Trinajstić information content (AvgIpc) is 2.78. The number of nitrogens with zero attached hydrogens (tertiary/aromatic N) is 3. The number of benzene rings is 2. The Hall–Kier alpha value is -3.88. The number of nitrogens with one attached hydrogen (secondary N) is 1. The summed E-state index contributed by atoms with van der Waals surface area (Å²) < 4.78 is 15.7. The maximum atomic E-state index is 13.6. The molecule has 37 heavy (non-hydrogen) atoms. The second kappa shape index (κ2) is 9.53. The fourth-order valence-electron chi connectivity index (χ4n) is 4.15. The molecule has 0 radical (unpaired) electrons. The fourth-order valence-corrected chi connectivity index (χ4v) is 4.15. The number of phenolic OH excluding ortho intramolecular Hbond substituents is 1. The summed E-state index contributed by atoms with van der Waals surface area (Å²) in [7, 11) is 4.59. The third-order valence-corrected chi connectivity index (χ3v) is 6.17. The van der Waals surface area contributed by atoms with Gasteiger partial charge in [-0.3, -0.25) is 14.2 Å². The van der Waals surface area contributed by atoms with Crippen molar-refractivity contribution in [2.45, 2.75) is 52.4 Å². The van der Waals surface area contributed by atoms with Crippen molar-refractivity contribution in [1.82, 2.24) is 9.13 Å². The number of aromatic hydroxyl groups is 1. The first-order chi connectivity index (χ1) is 16.9. The largest absolute Gasteiger partial charge is 0.507 e. The fraction of sp³-hybridized carbons (Fsp3) is 0.393. The van der Waals surface area contributed by atoms with Crippen LogP contribution >= 0.6 is 0 Å². The number of carbonyl (C=O) groups is 1. The zero-order valence-electron chi connectivity index (χ0n) is 22.9. The van der Waals surface area contributed by atoms with Crippen molar-refractivity contribution < 1.29 is 14.3 Å². The van der Waals surface area contributed by atoms with E-state index < -0.39 is 33.8 Å². The van der Waals surface area contributed by atoms with Gasteiger partial charge in [0.1, 0.15) is 23.1 Å². The summed E-state index contributed by atoms with van der Waals surface area (Å²) in [4.78, 5) is 41.5. The van der Waals surface area contributed by atoms with Crippen LogP contribution < -0.4 is 21.5 Å². The van der Waals surface area contributed by atoms with Crippen LogP contribution in [0.4, 0.5) is 15.9 Å². The van der Waals surface area contributed by atoms with Crippen LogP contribution in [0.15, 0.2) is 46.0 Å². The van der Waals surface area contributed by atoms with Gasteiger partial charge in [-0.2, -0.15) is 0 Å². The van der Waals surface area contributed by atoms with Crippen molar-refractivity contribution in [2.24, 2.45) is 7.05 Å². The number of hydrogen-bond donors (Lipinski definition) is 2. The lowest BCUT2D eigenvalue weighted by Gasteiger charge is -2.28. The van der Waals surface area contributed by atoms with Crippen molar-refractivity contribution in [3.8, 4) is 11.4 Å². The molecule has 0 aliphatic heterocycles. The number of rotatable bonds is 4. The number of anilines is 2. The Morgan fingerprint density at radius 2 is 1.43 bits per heavy atom. The Bertz CT molecular complexity index is 1440. The summed E-state index contributed by atoms with van der Waals surface area (Å²) in [5.41, 5.74) is -0.565. The Morgan fingerprint density at radius 3 is 1.86 bits per heavy atom. The highest BCUT2D eigenvalue weighted by atomic mass is 19.1. The summed E-state index contributed by atoms with van der Waals surface area (Å²) in [6.45, 7) is 11.6. The van der Waals surface area contributed by atoms with Gasteiger partial charge in [-0.1, -0.05) is 41.5 Å². The number of amides is 1. The van der Waals surface area contributed by atoms with E-state index in [1.54, 1.807) is 31.1 Å². The standard InChI is InChI=1S/C28H35FN4O4/c1-27(2,3)19-14-16(15-20(22(19)34)28(4,5)6)23(35)30-21-24(31(7)8)33(26(37)32(9)25(21)36)18-12-10-17(29)11-13-18/h10-15,34H,1-9H3,(H,30,35). The first kappa shape index (κ1) is 27.7. The van der Waals surface area contributed by atoms with Gasteiger partial charge in [0.25, 0.3) is 11.5 Å². The minimum atomic E-state index is -0.689. The molecule has 2 aromatic carbocycles. The van der Waals surface area contributed by atoms with E-state index in [4.69, 9.17) is 0 Å². The number of phenols is 1. The van der Waals surface area contributed by atoms with Crippen molar-refractivity contribution in [3.05, 3.63) is 79.7 Å². The van der Waals surface area contributed by atoms with E-state index in [-0.39, 0.29) is 22.8 Å². The van der Waals surface area contributed by atoms with Crippen molar-refractivity contribution in [1.29, 1.82) is 0 Å². The van der Waals surface area contributed by atoms with E-state index in [9.17, 15) is 23.9 Å². The predicted molar refractivity (Wildman–Crippen MR) is 145 cm³/mol.